The molecular formula is C37H44ClN5O8S. The number of methoxy groups -OCH3 is 3. The fourth-order valence-electron chi connectivity index (χ4n) is 7.70. The number of likely N-dealkylation sites (tertiary alicyclic amines) is 1. The minimum atomic E-state index is -4.64. The van der Waals surface area contributed by atoms with Crippen LogP contribution in [0.3, 0.4) is 0 Å². The van der Waals surface area contributed by atoms with Crippen LogP contribution in [0.2, 0.25) is 5.02 Å². The van der Waals surface area contributed by atoms with Crippen molar-refractivity contribution in [2.24, 2.45) is 0 Å². The standard InChI is InChI=1S/C37H44ClN5O8S/c1-24(44)41-18-16-40(17-19-41)23-25-9-12-28(32(20-25)50-5)37(42-15-7-8-31(42)35(45)39(2)3)29-21-26(38)10-13-30(29)43(36(37)46)52(47,48)34-14-11-27(49-4)22-33(34)51-6/h9-14,20-22,31H,7-8,15-19,23H2,1-6H3/t31?,37-/m1/s1. The SMILES string of the molecule is COc1ccc(S(=O)(=O)N2C(=O)[C@](c3ccc(CN4CCN(C(C)=O)CC4)cc3OC)(N3CCCC3C(=O)N(C)C)c3cc(Cl)ccc32)c(OC)c1. The second-order valence-corrected chi connectivity index (χ2v) is 15.6. The topological polar surface area (TPSA) is 129 Å². The minimum absolute atomic E-state index is 0.00642. The number of nitrogens with zero attached hydrogens (tertiary/aromatic N) is 5. The van der Waals surface area contributed by atoms with Gasteiger partial charge in [0.2, 0.25) is 11.8 Å². The maximum atomic E-state index is 15.6. The number of hydrogen-bond donors (Lipinski definition) is 0. The highest BCUT2D eigenvalue weighted by Crippen LogP contribution is 2.55. The van der Waals surface area contributed by atoms with Gasteiger partial charge in [0, 0.05) is 82.5 Å². The summed E-state index contributed by atoms with van der Waals surface area (Å²) in [5.74, 6) is -0.250. The first-order valence-corrected chi connectivity index (χ1v) is 18.9. The molecular weight excluding hydrogens is 710 g/mol. The molecule has 2 atom stereocenters. The van der Waals surface area contributed by atoms with E-state index in [9.17, 15) is 18.0 Å². The fraction of sp³-hybridized carbons (Fsp3) is 0.432. The first-order valence-electron chi connectivity index (χ1n) is 17.0. The number of carbonyl (C=O) groups excluding carboxylic acids is 3. The van der Waals surface area contributed by atoms with Crippen LogP contribution in [0.4, 0.5) is 5.69 Å². The Morgan fingerprint density at radius 1 is 0.885 bits per heavy atom. The predicted octanol–water partition coefficient (Wildman–Crippen LogP) is 3.56. The average molecular weight is 754 g/mol. The normalized spacial score (nSPS) is 20.9. The second kappa shape index (κ2) is 14.6. The summed E-state index contributed by atoms with van der Waals surface area (Å²) >= 11 is 6.67. The highest BCUT2D eigenvalue weighted by atomic mass is 35.5. The monoisotopic (exact) mass is 753 g/mol. The van der Waals surface area contributed by atoms with Crippen LogP contribution in [0.15, 0.2) is 59.5 Å². The molecule has 3 heterocycles. The summed E-state index contributed by atoms with van der Waals surface area (Å²) < 4.78 is 47.3. The van der Waals surface area contributed by atoms with Crippen LogP contribution in [0.5, 0.6) is 17.2 Å². The Hall–Kier alpha value is -4.37. The van der Waals surface area contributed by atoms with E-state index in [0.29, 0.717) is 74.7 Å². The first kappa shape index (κ1) is 37.4. The zero-order valence-corrected chi connectivity index (χ0v) is 31.8. The lowest BCUT2D eigenvalue weighted by atomic mass is 9.80. The number of halogens is 1. The minimum Gasteiger partial charge on any atom is -0.497 e. The van der Waals surface area contributed by atoms with Crippen molar-refractivity contribution in [2.45, 2.75) is 42.8 Å². The summed E-state index contributed by atoms with van der Waals surface area (Å²) in [4.78, 5) is 48.4. The summed E-state index contributed by atoms with van der Waals surface area (Å²) in [6, 6.07) is 13.7. The largest absolute Gasteiger partial charge is 0.497 e. The molecule has 0 aliphatic carbocycles. The van der Waals surface area contributed by atoms with Crippen molar-refractivity contribution in [3.8, 4) is 17.2 Å². The van der Waals surface area contributed by atoms with Gasteiger partial charge in [0.1, 0.15) is 22.1 Å². The third kappa shape index (κ3) is 6.25. The molecule has 0 radical (unpaired) electrons. The molecule has 13 nitrogen and oxygen atoms in total. The molecule has 3 aliphatic rings. The van der Waals surface area contributed by atoms with E-state index in [1.54, 1.807) is 33.2 Å². The lowest BCUT2D eigenvalue weighted by Gasteiger charge is -2.42. The number of carbonyl (C=O) groups is 3. The number of anilines is 1. The molecule has 0 saturated carbocycles. The van der Waals surface area contributed by atoms with Gasteiger partial charge in [-0.3, -0.25) is 24.2 Å². The Morgan fingerprint density at radius 3 is 2.23 bits per heavy atom. The van der Waals surface area contributed by atoms with Gasteiger partial charge in [-0.05, 0) is 54.8 Å². The maximum Gasteiger partial charge on any atom is 0.274 e. The Morgan fingerprint density at radius 2 is 1.60 bits per heavy atom. The summed E-state index contributed by atoms with van der Waals surface area (Å²) in [6.45, 7) is 5.09. The van der Waals surface area contributed by atoms with Gasteiger partial charge in [-0.15, -0.1) is 0 Å². The quantitative estimate of drug-likeness (QED) is 0.303. The fourth-order valence-corrected chi connectivity index (χ4v) is 9.47. The van der Waals surface area contributed by atoms with Gasteiger partial charge < -0.3 is 24.0 Å². The van der Waals surface area contributed by atoms with E-state index in [1.165, 1.54) is 56.6 Å². The summed E-state index contributed by atoms with van der Waals surface area (Å²) in [6.07, 6.45) is 1.04. The van der Waals surface area contributed by atoms with Gasteiger partial charge in [-0.1, -0.05) is 23.7 Å². The van der Waals surface area contributed by atoms with Crippen LogP contribution < -0.4 is 18.5 Å². The van der Waals surface area contributed by atoms with Crippen LogP contribution in [0.25, 0.3) is 0 Å². The highest BCUT2D eigenvalue weighted by molar-refractivity contribution is 7.93. The number of likely N-dealkylation sites (N-methyl/N-ethyl adjacent to an activating group) is 1. The number of ether oxygens (including phenoxy) is 3. The van der Waals surface area contributed by atoms with E-state index in [0.717, 1.165) is 9.87 Å². The number of amides is 3. The van der Waals surface area contributed by atoms with Gasteiger partial charge in [-0.25, -0.2) is 12.7 Å². The second-order valence-electron chi connectivity index (χ2n) is 13.4. The molecule has 278 valence electrons. The van der Waals surface area contributed by atoms with Crippen LogP contribution in [-0.4, -0.2) is 120 Å². The lowest BCUT2D eigenvalue weighted by Crippen LogP contribution is -2.59. The van der Waals surface area contributed by atoms with Crippen molar-refractivity contribution in [3.63, 3.8) is 0 Å². The maximum absolute atomic E-state index is 15.6. The first-order chi connectivity index (χ1) is 24.8. The van der Waals surface area contributed by atoms with Gasteiger partial charge in [0.25, 0.3) is 15.9 Å². The molecule has 0 aromatic heterocycles. The molecule has 52 heavy (non-hydrogen) atoms. The van der Waals surface area contributed by atoms with Gasteiger partial charge >= 0.3 is 0 Å². The number of fused-ring (bicyclic) bond motifs is 1. The van der Waals surface area contributed by atoms with Gasteiger partial charge in [0.05, 0.1) is 33.1 Å². The molecule has 1 unspecified atom stereocenters. The van der Waals surface area contributed by atoms with Crippen LogP contribution in [-0.2, 0) is 36.5 Å². The van der Waals surface area contributed by atoms with Gasteiger partial charge in [-0.2, -0.15) is 0 Å². The van der Waals surface area contributed by atoms with Crippen molar-refractivity contribution >= 4 is 45.0 Å². The molecule has 3 aromatic rings. The third-order valence-corrected chi connectivity index (χ3v) is 12.2. The van der Waals surface area contributed by atoms with Gasteiger partial charge in [0.15, 0.2) is 5.54 Å². The van der Waals surface area contributed by atoms with E-state index >= 15 is 4.79 Å². The molecule has 3 aromatic carbocycles. The highest BCUT2D eigenvalue weighted by Gasteiger charge is 2.63. The van der Waals surface area contributed by atoms with Crippen molar-refractivity contribution in [2.75, 3.05) is 72.5 Å². The van der Waals surface area contributed by atoms with E-state index in [1.807, 2.05) is 21.9 Å². The summed E-state index contributed by atoms with van der Waals surface area (Å²) in [5.41, 5.74) is -0.141. The van der Waals surface area contributed by atoms with E-state index in [2.05, 4.69) is 4.90 Å². The zero-order valence-electron chi connectivity index (χ0n) is 30.2. The number of benzene rings is 3. The molecule has 6 rings (SSSR count). The molecule has 0 spiro atoms. The van der Waals surface area contributed by atoms with Crippen molar-refractivity contribution in [3.05, 3.63) is 76.3 Å². The van der Waals surface area contributed by atoms with Crippen molar-refractivity contribution < 1.29 is 37.0 Å². The van der Waals surface area contributed by atoms with Crippen LogP contribution >= 0.6 is 11.6 Å². The molecule has 3 amide bonds. The third-order valence-electron chi connectivity index (χ3n) is 10.2. The Labute approximate surface area is 309 Å². The van der Waals surface area contributed by atoms with Crippen LogP contribution in [0.1, 0.15) is 36.5 Å². The molecule has 3 aliphatic heterocycles. The van der Waals surface area contributed by atoms with E-state index in [4.69, 9.17) is 25.8 Å². The van der Waals surface area contributed by atoms with E-state index in [-0.39, 0.29) is 33.2 Å². The number of sulfonamides is 1. The zero-order chi connectivity index (χ0) is 37.5. The van der Waals surface area contributed by atoms with Crippen molar-refractivity contribution in [1.82, 2.24) is 19.6 Å². The molecule has 0 bridgehead atoms. The average Bonchev–Trinajstić information content (AvgIpc) is 3.72. The van der Waals surface area contributed by atoms with E-state index < -0.39 is 27.5 Å². The lowest BCUT2D eigenvalue weighted by molar-refractivity contribution is -0.138. The number of piperazine rings is 1. The smallest absolute Gasteiger partial charge is 0.274 e. The molecule has 0 N–H and O–H groups in total. The van der Waals surface area contributed by atoms with Crippen molar-refractivity contribution in [1.29, 1.82) is 0 Å². The Bertz CT molecular complexity index is 2000. The Kier molecular flexibility index (Phi) is 10.5. The predicted molar refractivity (Wildman–Crippen MR) is 195 cm³/mol. The molecule has 2 saturated heterocycles. The Balaban J connectivity index is 1.55. The number of hydrogen-bond acceptors (Lipinski definition) is 10. The number of rotatable bonds is 10. The summed E-state index contributed by atoms with van der Waals surface area (Å²) in [5, 5.41) is 0.284. The molecule has 2 fully saturated rings. The van der Waals surface area contributed by atoms with Crippen LogP contribution in [0, 0.1) is 0 Å². The molecule has 15 heteroatoms. The summed E-state index contributed by atoms with van der Waals surface area (Å²) in [7, 11) is 2.98.